The Labute approximate surface area is 105 Å². The lowest BCUT2D eigenvalue weighted by atomic mass is 10.1. The third-order valence-corrected chi connectivity index (χ3v) is 2.58. The molecule has 1 amide bonds. The quantitative estimate of drug-likeness (QED) is 0.861. The molecule has 6 nitrogen and oxygen atoms in total. The minimum absolute atomic E-state index is 0.0282. The van der Waals surface area contributed by atoms with E-state index >= 15 is 0 Å². The van der Waals surface area contributed by atoms with Crippen LogP contribution in [0.1, 0.15) is 18.4 Å². The van der Waals surface area contributed by atoms with E-state index in [1.54, 1.807) is 16.9 Å². The highest BCUT2D eigenvalue weighted by atomic mass is 16.5. The van der Waals surface area contributed by atoms with Crippen LogP contribution >= 0.6 is 0 Å². The third-order valence-electron chi connectivity index (χ3n) is 2.58. The smallest absolute Gasteiger partial charge is 0.225 e. The maximum atomic E-state index is 11.8. The fourth-order valence-electron chi connectivity index (χ4n) is 1.62. The summed E-state index contributed by atoms with van der Waals surface area (Å²) in [7, 11) is 0. The van der Waals surface area contributed by atoms with E-state index in [0.29, 0.717) is 18.8 Å². The summed E-state index contributed by atoms with van der Waals surface area (Å²) in [5.41, 5.74) is 0.809. The zero-order valence-corrected chi connectivity index (χ0v) is 10.5. The van der Waals surface area contributed by atoms with Crippen LogP contribution in [0.25, 0.3) is 0 Å². The minimum atomic E-state index is -0.145. The zero-order valence-electron chi connectivity index (χ0n) is 10.5. The maximum absolute atomic E-state index is 11.8. The number of aromatic nitrogens is 3. The second-order valence-electron chi connectivity index (χ2n) is 4.28. The summed E-state index contributed by atoms with van der Waals surface area (Å²) in [6, 6.07) is 3.64. The molecule has 96 valence electrons. The monoisotopic (exact) mass is 248 g/mol. The van der Waals surface area contributed by atoms with Crippen molar-refractivity contribution >= 4 is 5.91 Å². The van der Waals surface area contributed by atoms with Crippen LogP contribution in [0.3, 0.4) is 0 Å². The van der Waals surface area contributed by atoms with Crippen molar-refractivity contribution in [2.45, 2.75) is 26.9 Å². The van der Waals surface area contributed by atoms with Gasteiger partial charge in [0.2, 0.25) is 5.91 Å². The summed E-state index contributed by atoms with van der Waals surface area (Å²) in [5.74, 6) is 0.487. The number of nitrogens with one attached hydrogen (secondary N) is 1. The molecular formula is C12H16N4O2. The Morgan fingerprint density at radius 1 is 1.61 bits per heavy atom. The molecule has 0 bridgehead atoms. The molecule has 1 N–H and O–H groups in total. The molecule has 2 aromatic rings. The van der Waals surface area contributed by atoms with Crippen molar-refractivity contribution in [3.05, 3.63) is 36.0 Å². The van der Waals surface area contributed by atoms with Crippen LogP contribution in [-0.4, -0.2) is 20.8 Å². The number of rotatable bonds is 5. The first-order valence-corrected chi connectivity index (χ1v) is 5.82. The molecule has 0 spiro atoms. The van der Waals surface area contributed by atoms with Gasteiger partial charge in [0, 0.05) is 18.5 Å². The van der Waals surface area contributed by atoms with Gasteiger partial charge in [0.05, 0.1) is 24.7 Å². The Balaban J connectivity index is 1.80. The molecule has 0 unspecified atom stereocenters. The van der Waals surface area contributed by atoms with Crippen LogP contribution in [0.4, 0.5) is 0 Å². The number of carbonyl (C=O) groups excluding carboxylic acids is 1. The normalized spacial score (nSPS) is 12.3. The Morgan fingerprint density at radius 3 is 3.06 bits per heavy atom. The molecule has 0 aliphatic rings. The van der Waals surface area contributed by atoms with Crippen LogP contribution in [0.5, 0.6) is 0 Å². The lowest BCUT2D eigenvalue weighted by Crippen LogP contribution is -2.31. The van der Waals surface area contributed by atoms with Crippen molar-refractivity contribution in [3.63, 3.8) is 0 Å². The van der Waals surface area contributed by atoms with Gasteiger partial charge in [0.25, 0.3) is 0 Å². The van der Waals surface area contributed by atoms with Crippen LogP contribution in [0.15, 0.2) is 29.0 Å². The molecule has 2 heterocycles. The standard InChI is InChI=1S/C12H16N4O2/c1-9(8-16-5-3-4-14-16)12(17)13-7-11-6-10(2)15-18-11/h3-6,9H,7-8H2,1-2H3,(H,13,17)/t9-/m0/s1. The molecule has 2 aromatic heterocycles. The fourth-order valence-corrected chi connectivity index (χ4v) is 1.62. The highest BCUT2D eigenvalue weighted by molar-refractivity contribution is 5.78. The van der Waals surface area contributed by atoms with Gasteiger partial charge in [-0.2, -0.15) is 5.10 Å². The van der Waals surface area contributed by atoms with Gasteiger partial charge in [-0.1, -0.05) is 12.1 Å². The van der Waals surface area contributed by atoms with E-state index in [4.69, 9.17) is 4.52 Å². The van der Waals surface area contributed by atoms with E-state index in [9.17, 15) is 4.79 Å². The Bertz CT molecular complexity index is 504. The summed E-state index contributed by atoms with van der Waals surface area (Å²) in [6.07, 6.45) is 3.53. The summed E-state index contributed by atoms with van der Waals surface area (Å²) in [6.45, 7) is 4.63. The molecule has 6 heteroatoms. The van der Waals surface area contributed by atoms with Crippen molar-refractivity contribution < 1.29 is 9.32 Å². The van der Waals surface area contributed by atoms with E-state index in [2.05, 4.69) is 15.6 Å². The van der Waals surface area contributed by atoms with Crippen LogP contribution < -0.4 is 5.32 Å². The van der Waals surface area contributed by atoms with Gasteiger partial charge in [-0.05, 0) is 13.0 Å². The summed E-state index contributed by atoms with van der Waals surface area (Å²) in [4.78, 5) is 11.8. The lowest BCUT2D eigenvalue weighted by Gasteiger charge is -2.11. The number of aryl methyl sites for hydroxylation is 1. The van der Waals surface area contributed by atoms with Crippen molar-refractivity contribution in [3.8, 4) is 0 Å². The topological polar surface area (TPSA) is 73.0 Å². The predicted molar refractivity (Wildman–Crippen MR) is 64.5 cm³/mol. The van der Waals surface area contributed by atoms with E-state index in [1.165, 1.54) is 0 Å². The van der Waals surface area contributed by atoms with Crippen LogP contribution in [0, 0.1) is 12.8 Å². The first-order chi connectivity index (χ1) is 8.65. The molecule has 0 saturated heterocycles. The SMILES string of the molecule is Cc1cc(CNC(=O)[C@@H](C)Cn2cccn2)on1. The van der Waals surface area contributed by atoms with Crippen molar-refractivity contribution in [1.82, 2.24) is 20.3 Å². The molecule has 0 aromatic carbocycles. The minimum Gasteiger partial charge on any atom is -0.359 e. The Kier molecular flexibility index (Phi) is 3.76. The van der Waals surface area contributed by atoms with E-state index < -0.39 is 0 Å². The highest BCUT2D eigenvalue weighted by Crippen LogP contribution is 2.03. The second kappa shape index (κ2) is 5.48. The Hall–Kier alpha value is -2.11. The van der Waals surface area contributed by atoms with Gasteiger partial charge in [-0.15, -0.1) is 0 Å². The molecule has 0 saturated carbocycles. The number of carbonyl (C=O) groups is 1. The summed E-state index contributed by atoms with van der Waals surface area (Å²) in [5, 5.41) is 10.6. The number of hydrogen-bond donors (Lipinski definition) is 1. The second-order valence-corrected chi connectivity index (χ2v) is 4.28. The molecule has 0 aliphatic heterocycles. The van der Waals surface area contributed by atoms with Gasteiger partial charge >= 0.3 is 0 Å². The molecule has 1 atom stereocenters. The average molecular weight is 248 g/mol. The van der Waals surface area contributed by atoms with E-state index in [0.717, 1.165) is 5.69 Å². The van der Waals surface area contributed by atoms with Crippen molar-refractivity contribution in [1.29, 1.82) is 0 Å². The summed E-state index contributed by atoms with van der Waals surface area (Å²) >= 11 is 0. The van der Waals surface area contributed by atoms with Gasteiger partial charge in [0.15, 0.2) is 5.76 Å². The largest absolute Gasteiger partial charge is 0.359 e. The third kappa shape index (κ3) is 3.19. The van der Waals surface area contributed by atoms with Crippen molar-refractivity contribution in [2.75, 3.05) is 0 Å². The van der Waals surface area contributed by atoms with Gasteiger partial charge < -0.3 is 9.84 Å². The highest BCUT2D eigenvalue weighted by Gasteiger charge is 2.14. The molecular weight excluding hydrogens is 232 g/mol. The fraction of sp³-hybridized carbons (Fsp3) is 0.417. The first-order valence-electron chi connectivity index (χ1n) is 5.82. The molecule has 2 rings (SSSR count). The number of hydrogen-bond acceptors (Lipinski definition) is 4. The Morgan fingerprint density at radius 2 is 2.44 bits per heavy atom. The lowest BCUT2D eigenvalue weighted by molar-refractivity contribution is -0.125. The maximum Gasteiger partial charge on any atom is 0.225 e. The number of nitrogens with zero attached hydrogens (tertiary/aromatic N) is 3. The van der Waals surface area contributed by atoms with E-state index in [1.807, 2.05) is 26.1 Å². The molecule has 0 fully saturated rings. The van der Waals surface area contributed by atoms with Gasteiger partial charge in [-0.3, -0.25) is 9.48 Å². The average Bonchev–Trinajstić information content (AvgIpc) is 2.97. The predicted octanol–water partition coefficient (Wildman–Crippen LogP) is 1.13. The molecule has 0 radical (unpaired) electrons. The van der Waals surface area contributed by atoms with Crippen LogP contribution in [0.2, 0.25) is 0 Å². The first kappa shape index (κ1) is 12.3. The van der Waals surface area contributed by atoms with Gasteiger partial charge in [-0.25, -0.2) is 0 Å². The van der Waals surface area contributed by atoms with Crippen LogP contribution in [-0.2, 0) is 17.9 Å². The molecule has 18 heavy (non-hydrogen) atoms. The number of amides is 1. The van der Waals surface area contributed by atoms with E-state index in [-0.39, 0.29) is 11.8 Å². The van der Waals surface area contributed by atoms with Crippen molar-refractivity contribution in [2.24, 2.45) is 5.92 Å². The zero-order chi connectivity index (χ0) is 13.0. The summed E-state index contributed by atoms with van der Waals surface area (Å²) < 4.78 is 6.76. The van der Waals surface area contributed by atoms with Gasteiger partial charge in [0.1, 0.15) is 0 Å². The molecule has 0 aliphatic carbocycles.